The summed E-state index contributed by atoms with van der Waals surface area (Å²) in [5.74, 6) is 1.32. The highest BCUT2D eigenvalue weighted by Gasteiger charge is 2.18. The number of likely N-dealkylation sites (tertiary alicyclic amines) is 1. The average Bonchev–Trinajstić information content (AvgIpc) is 2.98. The van der Waals surface area contributed by atoms with Crippen molar-refractivity contribution in [1.29, 1.82) is 0 Å². The molecule has 4 rings (SSSR count). The Morgan fingerprint density at radius 2 is 2.04 bits per heavy atom. The van der Waals surface area contributed by atoms with Crippen LogP contribution in [0.2, 0.25) is 0 Å². The molecule has 1 aliphatic heterocycles. The molecule has 2 aromatic heterocycles. The Bertz CT molecular complexity index is 981. The summed E-state index contributed by atoms with van der Waals surface area (Å²) in [6, 6.07) is 5.94. The van der Waals surface area contributed by atoms with E-state index in [4.69, 9.17) is 4.74 Å². The summed E-state index contributed by atoms with van der Waals surface area (Å²) in [5, 5.41) is 10.1. The second kappa shape index (κ2) is 7.72. The fraction of sp³-hybridized carbons (Fsp3) is 0.474. The highest BCUT2D eigenvalue weighted by Crippen LogP contribution is 2.29. The summed E-state index contributed by atoms with van der Waals surface area (Å²) in [6.07, 6.45) is 3.41. The van der Waals surface area contributed by atoms with Crippen molar-refractivity contribution in [3.8, 4) is 5.75 Å². The predicted molar refractivity (Wildman–Crippen MR) is 106 cm³/mol. The van der Waals surface area contributed by atoms with E-state index < -0.39 is 0 Å². The molecular weight excluding hydrogens is 362 g/mol. The number of hydrogen-bond donors (Lipinski definition) is 0. The second-order valence-electron chi connectivity index (χ2n) is 6.67. The number of carbonyl (C=O) groups is 1. The van der Waals surface area contributed by atoms with Crippen molar-refractivity contribution < 1.29 is 9.53 Å². The molecule has 7 nitrogen and oxygen atoms in total. The minimum absolute atomic E-state index is 0.154. The Morgan fingerprint density at radius 1 is 1.22 bits per heavy atom. The second-order valence-corrected chi connectivity index (χ2v) is 7.61. The molecule has 0 radical (unpaired) electrons. The van der Waals surface area contributed by atoms with Gasteiger partial charge in [-0.15, -0.1) is 10.2 Å². The molecule has 1 fully saturated rings. The Labute approximate surface area is 162 Å². The van der Waals surface area contributed by atoms with Gasteiger partial charge in [0.05, 0.1) is 17.9 Å². The van der Waals surface area contributed by atoms with Crippen LogP contribution in [0.3, 0.4) is 0 Å². The summed E-state index contributed by atoms with van der Waals surface area (Å²) < 4.78 is 7.60. The van der Waals surface area contributed by atoms with E-state index in [2.05, 4.69) is 15.2 Å². The van der Waals surface area contributed by atoms with Crippen LogP contribution in [-0.4, -0.2) is 56.0 Å². The number of hydrogen-bond acceptors (Lipinski definition) is 6. The number of fused-ring (bicyclic) bond motifs is 3. The zero-order chi connectivity index (χ0) is 18.8. The number of piperidine rings is 1. The highest BCUT2D eigenvalue weighted by atomic mass is 32.2. The summed E-state index contributed by atoms with van der Waals surface area (Å²) in [6.45, 7) is 4.31. The molecule has 0 saturated carbocycles. The zero-order valence-electron chi connectivity index (χ0n) is 15.6. The Morgan fingerprint density at radius 3 is 2.81 bits per heavy atom. The Balaban J connectivity index is 1.57. The van der Waals surface area contributed by atoms with Crippen LogP contribution in [-0.2, 0) is 11.8 Å². The van der Waals surface area contributed by atoms with E-state index in [0.29, 0.717) is 17.5 Å². The lowest BCUT2D eigenvalue weighted by molar-refractivity contribution is -0.129. The first-order chi connectivity index (χ1) is 13.2. The number of aryl methyl sites for hydroxylation is 1. The number of thioether (sulfide) groups is 1. The number of aromatic nitrogens is 4. The molecule has 0 atom stereocenters. The van der Waals surface area contributed by atoms with Gasteiger partial charge in [-0.25, -0.2) is 4.98 Å². The molecule has 0 unspecified atom stereocenters. The van der Waals surface area contributed by atoms with Crippen LogP contribution < -0.4 is 4.74 Å². The van der Waals surface area contributed by atoms with Crippen molar-refractivity contribution in [3.63, 3.8) is 0 Å². The molecular formula is C19H23N5O2S. The van der Waals surface area contributed by atoms with Gasteiger partial charge in [-0.1, -0.05) is 11.8 Å². The van der Waals surface area contributed by atoms with Gasteiger partial charge < -0.3 is 14.2 Å². The third-order valence-corrected chi connectivity index (χ3v) is 5.72. The lowest BCUT2D eigenvalue weighted by Gasteiger charge is -2.26. The Kier molecular flexibility index (Phi) is 5.15. The lowest BCUT2D eigenvalue weighted by Crippen LogP contribution is -2.36. The van der Waals surface area contributed by atoms with Crippen molar-refractivity contribution >= 4 is 39.7 Å². The van der Waals surface area contributed by atoms with Gasteiger partial charge in [-0.05, 0) is 44.4 Å². The van der Waals surface area contributed by atoms with Crippen LogP contribution in [0.15, 0.2) is 23.4 Å². The van der Waals surface area contributed by atoms with Gasteiger partial charge in [-0.3, -0.25) is 4.79 Å². The third kappa shape index (κ3) is 3.58. The molecule has 1 aliphatic rings. The van der Waals surface area contributed by atoms with E-state index in [1.54, 1.807) is 0 Å². The molecule has 3 heterocycles. The van der Waals surface area contributed by atoms with Gasteiger partial charge in [-0.2, -0.15) is 0 Å². The largest absolute Gasteiger partial charge is 0.494 e. The monoisotopic (exact) mass is 385 g/mol. The van der Waals surface area contributed by atoms with Crippen LogP contribution in [0.5, 0.6) is 5.75 Å². The van der Waals surface area contributed by atoms with Gasteiger partial charge in [0, 0.05) is 25.5 Å². The van der Waals surface area contributed by atoms with Gasteiger partial charge in [0.25, 0.3) is 0 Å². The van der Waals surface area contributed by atoms with Gasteiger partial charge in [0.1, 0.15) is 11.3 Å². The number of rotatable bonds is 5. The van der Waals surface area contributed by atoms with Crippen molar-refractivity contribution in [1.82, 2.24) is 24.6 Å². The molecule has 1 amide bonds. The van der Waals surface area contributed by atoms with E-state index >= 15 is 0 Å². The quantitative estimate of drug-likeness (QED) is 0.629. The Hall–Kier alpha value is -2.35. The maximum absolute atomic E-state index is 12.4. The lowest BCUT2D eigenvalue weighted by atomic mass is 10.1. The molecule has 1 aromatic carbocycles. The predicted octanol–water partition coefficient (Wildman–Crippen LogP) is 3.02. The average molecular weight is 385 g/mol. The number of carbonyl (C=O) groups excluding carboxylic acids is 1. The topological polar surface area (TPSA) is 73.1 Å². The SMILES string of the molecule is CCOc1ccc2c(c1)c1nnc(SCC(=O)N3CCCCC3)nc1n2C. The van der Waals surface area contributed by atoms with Crippen LogP contribution in [0.4, 0.5) is 0 Å². The summed E-state index contributed by atoms with van der Waals surface area (Å²) in [4.78, 5) is 18.9. The summed E-state index contributed by atoms with van der Waals surface area (Å²) >= 11 is 1.35. The van der Waals surface area contributed by atoms with Gasteiger partial charge in [0.2, 0.25) is 11.1 Å². The summed E-state index contributed by atoms with van der Waals surface area (Å²) in [7, 11) is 1.97. The fourth-order valence-electron chi connectivity index (χ4n) is 3.50. The van der Waals surface area contributed by atoms with E-state index in [1.165, 1.54) is 18.2 Å². The van der Waals surface area contributed by atoms with E-state index in [0.717, 1.165) is 53.7 Å². The maximum Gasteiger partial charge on any atom is 0.233 e. The van der Waals surface area contributed by atoms with Crippen molar-refractivity contribution in [3.05, 3.63) is 18.2 Å². The molecule has 0 bridgehead atoms. The molecule has 142 valence electrons. The molecule has 3 aromatic rings. The summed E-state index contributed by atoms with van der Waals surface area (Å²) in [5.41, 5.74) is 2.55. The van der Waals surface area contributed by atoms with E-state index in [1.807, 2.05) is 41.6 Å². The van der Waals surface area contributed by atoms with Gasteiger partial charge >= 0.3 is 0 Å². The first kappa shape index (κ1) is 18.0. The smallest absolute Gasteiger partial charge is 0.233 e. The fourth-order valence-corrected chi connectivity index (χ4v) is 4.19. The minimum Gasteiger partial charge on any atom is -0.494 e. The third-order valence-electron chi connectivity index (χ3n) is 4.90. The maximum atomic E-state index is 12.4. The van der Waals surface area contributed by atoms with Crippen LogP contribution in [0, 0.1) is 0 Å². The van der Waals surface area contributed by atoms with Crippen molar-refractivity contribution in [2.45, 2.75) is 31.3 Å². The first-order valence-electron chi connectivity index (χ1n) is 9.33. The zero-order valence-corrected chi connectivity index (χ0v) is 16.5. The number of benzene rings is 1. The first-order valence-corrected chi connectivity index (χ1v) is 10.3. The minimum atomic E-state index is 0.154. The number of ether oxygens (including phenoxy) is 1. The molecule has 0 spiro atoms. The van der Waals surface area contributed by atoms with E-state index in [9.17, 15) is 4.79 Å². The van der Waals surface area contributed by atoms with E-state index in [-0.39, 0.29) is 5.91 Å². The molecule has 1 saturated heterocycles. The van der Waals surface area contributed by atoms with Crippen molar-refractivity contribution in [2.24, 2.45) is 7.05 Å². The molecule has 8 heteroatoms. The molecule has 0 aliphatic carbocycles. The molecule has 0 N–H and O–H groups in total. The van der Waals surface area contributed by atoms with Crippen LogP contribution >= 0.6 is 11.8 Å². The molecule has 27 heavy (non-hydrogen) atoms. The van der Waals surface area contributed by atoms with Gasteiger partial charge in [0.15, 0.2) is 5.65 Å². The normalized spacial score (nSPS) is 14.8. The standard InChI is InChI=1S/C19H23N5O2S/c1-3-26-13-7-8-15-14(11-13)17-18(23(15)2)20-19(22-21-17)27-12-16(25)24-9-5-4-6-10-24/h7-8,11H,3-6,9-10,12H2,1-2H3. The number of amides is 1. The highest BCUT2D eigenvalue weighted by molar-refractivity contribution is 7.99. The number of nitrogens with zero attached hydrogens (tertiary/aromatic N) is 5. The van der Waals surface area contributed by atoms with Crippen molar-refractivity contribution in [2.75, 3.05) is 25.4 Å². The van der Waals surface area contributed by atoms with Crippen LogP contribution in [0.25, 0.3) is 22.1 Å². The van der Waals surface area contributed by atoms with Crippen LogP contribution in [0.1, 0.15) is 26.2 Å².